The van der Waals surface area contributed by atoms with Gasteiger partial charge in [-0.05, 0) is 50.3 Å². The average molecular weight is 405 g/mol. The number of ether oxygens (including phenoxy) is 1. The predicted molar refractivity (Wildman–Crippen MR) is 118 cm³/mol. The Kier molecular flexibility index (Phi) is 5.62. The molecule has 5 nitrogen and oxygen atoms in total. The Morgan fingerprint density at radius 1 is 1.07 bits per heavy atom. The third-order valence-corrected chi connectivity index (χ3v) is 5.76. The van der Waals surface area contributed by atoms with Gasteiger partial charge < -0.3 is 9.64 Å². The fraction of sp³-hybridized carbons (Fsp3) is 0.360. The van der Waals surface area contributed by atoms with Crippen LogP contribution in [0.15, 0.2) is 54.2 Å². The highest BCUT2D eigenvalue weighted by Gasteiger charge is 2.43. The van der Waals surface area contributed by atoms with E-state index in [1.807, 2.05) is 50.2 Å². The van der Waals surface area contributed by atoms with Crippen molar-refractivity contribution in [3.8, 4) is 5.75 Å². The third kappa shape index (κ3) is 3.72. The number of carbonyl (C=O) groups is 2. The van der Waals surface area contributed by atoms with Crippen molar-refractivity contribution in [1.82, 2.24) is 4.90 Å². The topological polar surface area (TPSA) is 49.9 Å². The molecular formula is C25H28N2O3. The van der Waals surface area contributed by atoms with Gasteiger partial charge in [0.2, 0.25) is 0 Å². The number of amides is 2. The number of benzene rings is 2. The van der Waals surface area contributed by atoms with Gasteiger partial charge in [0.25, 0.3) is 11.8 Å². The maximum absolute atomic E-state index is 13.6. The zero-order valence-electron chi connectivity index (χ0n) is 17.9. The maximum Gasteiger partial charge on any atom is 0.282 e. The minimum atomic E-state index is -0.272. The Morgan fingerprint density at radius 3 is 2.53 bits per heavy atom. The van der Waals surface area contributed by atoms with E-state index in [0.29, 0.717) is 35.2 Å². The van der Waals surface area contributed by atoms with Gasteiger partial charge in [-0.15, -0.1) is 0 Å². The standard InChI is InChI=1S/C25H28N2O3/c1-4-30-21-9-5-8-20(15-21)27-24(28)22(19-12-10-17(2)11-13-19)23(25(27)29)26-14-6-7-18(3)16-26/h5,8-13,15,18H,4,6-7,14,16H2,1-3H3. The lowest BCUT2D eigenvalue weighted by molar-refractivity contribution is -0.120. The number of likely N-dealkylation sites (tertiary alicyclic amines) is 1. The molecule has 1 unspecified atom stereocenters. The first-order valence-corrected chi connectivity index (χ1v) is 10.7. The summed E-state index contributed by atoms with van der Waals surface area (Å²) >= 11 is 0. The van der Waals surface area contributed by atoms with E-state index < -0.39 is 0 Å². The second-order valence-electron chi connectivity index (χ2n) is 8.16. The molecule has 0 saturated carbocycles. The van der Waals surface area contributed by atoms with Gasteiger partial charge in [-0.3, -0.25) is 9.59 Å². The number of piperidine rings is 1. The SMILES string of the molecule is CCOc1cccc(N2C(=O)C(c3ccc(C)cc3)=C(N3CCCC(C)C3)C2=O)c1. The van der Waals surface area contributed by atoms with Gasteiger partial charge in [-0.2, -0.15) is 0 Å². The summed E-state index contributed by atoms with van der Waals surface area (Å²) in [5, 5.41) is 0. The third-order valence-electron chi connectivity index (χ3n) is 5.76. The number of imide groups is 1. The normalized spacial score (nSPS) is 19.6. The van der Waals surface area contributed by atoms with Crippen molar-refractivity contribution >= 4 is 23.1 Å². The van der Waals surface area contributed by atoms with E-state index in [1.165, 1.54) is 4.90 Å². The summed E-state index contributed by atoms with van der Waals surface area (Å²) in [4.78, 5) is 30.6. The Bertz CT molecular complexity index is 994. The molecule has 0 radical (unpaired) electrons. The lowest BCUT2D eigenvalue weighted by Gasteiger charge is -2.33. The summed E-state index contributed by atoms with van der Waals surface area (Å²) < 4.78 is 5.59. The molecule has 156 valence electrons. The van der Waals surface area contributed by atoms with Gasteiger partial charge in [0.05, 0.1) is 17.9 Å². The number of hydrogen-bond donors (Lipinski definition) is 0. The molecule has 2 heterocycles. The summed E-state index contributed by atoms with van der Waals surface area (Å²) in [6.07, 6.45) is 2.17. The van der Waals surface area contributed by atoms with Crippen LogP contribution >= 0.6 is 0 Å². The van der Waals surface area contributed by atoms with Crippen molar-refractivity contribution < 1.29 is 14.3 Å². The molecule has 0 aromatic heterocycles. The largest absolute Gasteiger partial charge is 0.494 e. The number of rotatable bonds is 5. The molecule has 1 atom stereocenters. The number of aryl methyl sites for hydroxylation is 1. The van der Waals surface area contributed by atoms with Crippen LogP contribution in [0.4, 0.5) is 5.69 Å². The molecule has 0 aliphatic carbocycles. The second-order valence-corrected chi connectivity index (χ2v) is 8.16. The first-order chi connectivity index (χ1) is 14.5. The molecular weight excluding hydrogens is 376 g/mol. The Hall–Kier alpha value is -3.08. The fourth-order valence-electron chi connectivity index (χ4n) is 4.30. The van der Waals surface area contributed by atoms with Gasteiger partial charge in [0, 0.05) is 19.2 Å². The molecule has 5 heteroatoms. The summed E-state index contributed by atoms with van der Waals surface area (Å²) in [7, 11) is 0. The average Bonchev–Trinajstić information content (AvgIpc) is 2.99. The Balaban J connectivity index is 1.79. The first kappa shape index (κ1) is 20.2. The minimum Gasteiger partial charge on any atom is -0.494 e. The first-order valence-electron chi connectivity index (χ1n) is 10.7. The smallest absolute Gasteiger partial charge is 0.282 e. The highest BCUT2D eigenvalue weighted by molar-refractivity contribution is 6.45. The van der Waals surface area contributed by atoms with Gasteiger partial charge in [0.15, 0.2) is 0 Å². The van der Waals surface area contributed by atoms with Crippen LogP contribution in [0.25, 0.3) is 5.57 Å². The zero-order chi connectivity index (χ0) is 21.3. The molecule has 2 aromatic carbocycles. The van der Waals surface area contributed by atoms with Crippen LogP contribution in [0.1, 0.15) is 37.8 Å². The minimum absolute atomic E-state index is 0.252. The summed E-state index contributed by atoms with van der Waals surface area (Å²) in [5.41, 5.74) is 3.47. The highest BCUT2D eigenvalue weighted by atomic mass is 16.5. The Morgan fingerprint density at radius 2 is 1.83 bits per heavy atom. The summed E-state index contributed by atoms with van der Waals surface area (Å²) in [6, 6.07) is 15.0. The number of hydrogen-bond acceptors (Lipinski definition) is 4. The van der Waals surface area contributed by atoms with Gasteiger partial charge in [-0.25, -0.2) is 4.90 Å². The van der Waals surface area contributed by atoms with E-state index in [1.54, 1.807) is 12.1 Å². The van der Waals surface area contributed by atoms with Crippen molar-refractivity contribution in [2.24, 2.45) is 5.92 Å². The van der Waals surface area contributed by atoms with Crippen molar-refractivity contribution in [3.63, 3.8) is 0 Å². The zero-order valence-corrected chi connectivity index (χ0v) is 17.9. The van der Waals surface area contributed by atoms with E-state index in [9.17, 15) is 9.59 Å². The number of anilines is 1. The maximum atomic E-state index is 13.6. The molecule has 0 spiro atoms. The van der Waals surface area contributed by atoms with Crippen LogP contribution in [0, 0.1) is 12.8 Å². The van der Waals surface area contributed by atoms with E-state index >= 15 is 0 Å². The van der Waals surface area contributed by atoms with Crippen LogP contribution in [0.3, 0.4) is 0 Å². The molecule has 1 saturated heterocycles. The van der Waals surface area contributed by atoms with E-state index in [2.05, 4.69) is 11.8 Å². The molecule has 0 N–H and O–H groups in total. The summed E-state index contributed by atoms with van der Waals surface area (Å²) in [6.45, 7) is 8.22. The highest BCUT2D eigenvalue weighted by Crippen LogP contribution is 2.37. The van der Waals surface area contributed by atoms with Crippen LogP contribution in [0.5, 0.6) is 5.75 Å². The lowest BCUT2D eigenvalue weighted by atomic mass is 9.97. The van der Waals surface area contributed by atoms with Crippen LogP contribution < -0.4 is 9.64 Å². The van der Waals surface area contributed by atoms with Crippen molar-refractivity contribution in [2.75, 3.05) is 24.6 Å². The molecule has 2 aliphatic rings. The molecule has 1 fully saturated rings. The Labute approximate surface area is 177 Å². The quantitative estimate of drug-likeness (QED) is 0.693. The van der Waals surface area contributed by atoms with Crippen LogP contribution in [-0.2, 0) is 9.59 Å². The molecule has 0 bridgehead atoms. The van der Waals surface area contributed by atoms with Gasteiger partial charge in [-0.1, -0.05) is 42.8 Å². The van der Waals surface area contributed by atoms with Crippen LogP contribution in [0.2, 0.25) is 0 Å². The number of nitrogens with zero attached hydrogens (tertiary/aromatic N) is 2. The predicted octanol–water partition coefficient (Wildman–Crippen LogP) is 4.41. The monoisotopic (exact) mass is 404 g/mol. The second kappa shape index (κ2) is 8.34. The molecule has 2 aliphatic heterocycles. The van der Waals surface area contributed by atoms with E-state index in [4.69, 9.17) is 4.74 Å². The van der Waals surface area contributed by atoms with E-state index in [-0.39, 0.29) is 11.8 Å². The van der Waals surface area contributed by atoms with Crippen molar-refractivity contribution in [1.29, 1.82) is 0 Å². The molecule has 2 aromatic rings. The van der Waals surface area contributed by atoms with Crippen molar-refractivity contribution in [3.05, 3.63) is 65.4 Å². The van der Waals surface area contributed by atoms with Gasteiger partial charge in [0.1, 0.15) is 11.4 Å². The van der Waals surface area contributed by atoms with Gasteiger partial charge >= 0.3 is 0 Å². The van der Waals surface area contributed by atoms with Crippen molar-refractivity contribution in [2.45, 2.75) is 33.6 Å². The van der Waals surface area contributed by atoms with Crippen LogP contribution in [-0.4, -0.2) is 36.4 Å². The number of carbonyl (C=O) groups excluding carboxylic acids is 2. The summed E-state index contributed by atoms with van der Waals surface area (Å²) in [5.74, 6) is 0.611. The fourth-order valence-corrected chi connectivity index (χ4v) is 4.30. The molecule has 4 rings (SSSR count). The molecule has 30 heavy (non-hydrogen) atoms. The molecule has 2 amide bonds. The lowest BCUT2D eigenvalue weighted by Crippen LogP contribution is -2.39. The van der Waals surface area contributed by atoms with E-state index in [0.717, 1.165) is 37.1 Å².